The van der Waals surface area contributed by atoms with Gasteiger partial charge in [-0.1, -0.05) is 6.07 Å². The summed E-state index contributed by atoms with van der Waals surface area (Å²) in [5, 5.41) is 13.6. The number of hydrogen-bond acceptors (Lipinski definition) is 8. The Labute approximate surface area is 166 Å². The van der Waals surface area contributed by atoms with Crippen molar-refractivity contribution in [3.8, 4) is 17.2 Å². The van der Waals surface area contributed by atoms with Gasteiger partial charge in [-0.25, -0.2) is 4.79 Å². The van der Waals surface area contributed by atoms with Crippen molar-refractivity contribution in [1.82, 2.24) is 0 Å². The van der Waals surface area contributed by atoms with Crippen molar-refractivity contribution in [3.63, 3.8) is 0 Å². The van der Waals surface area contributed by atoms with Gasteiger partial charge in [-0.15, -0.1) is 0 Å². The van der Waals surface area contributed by atoms with E-state index in [0.29, 0.717) is 11.3 Å². The Bertz CT molecular complexity index is 920. The molecule has 10 nitrogen and oxygen atoms in total. The van der Waals surface area contributed by atoms with Gasteiger partial charge in [-0.05, 0) is 24.6 Å². The lowest BCUT2D eigenvalue weighted by Gasteiger charge is -2.13. The molecule has 0 spiro atoms. The van der Waals surface area contributed by atoms with Crippen LogP contribution in [0.15, 0.2) is 30.3 Å². The number of ether oxygens (including phenoxy) is 4. The third-order valence-corrected chi connectivity index (χ3v) is 3.96. The molecular formula is C19H20N2O8. The molecule has 0 heterocycles. The summed E-state index contributed by atoms with van der Waals surface area (Å²) in [6, 6.07) is 7.37. The molecule has 2 aromatic carbocycles. The summed E-state index contributed by atoms with van der Waals surface area (Å²) < 4.78 is 20.3. The Kier molecular flexibility index (Phi) is 6.96. The predicted octanol–water partition coefficient (Wildman–Crippen LogP) is 2.72. The van der Waals surface area contributed by atoms with Gasteiger partial charge in [-0.3, -0.25) is 14.9 Å². The number of methoxy groups -OCH3 is 3. The van der Waals surface area contributed by atoms with E-state index in [1.807, 2.05) is 0 Å². The first-order valence-corrected chi connectivity index (χ1v) is 8.33. The molecule has 0 saturated carbocycles. The highest BCUT2D eigenvalue weighted by Gasteiger charge is 2.22. The Balaban J connectivity index is 2.11. The number of nitrogens with one attached hydrogen (secondary N) is 1. The third kappa shape index (κ3) is 4.92. The van der Waals surface area contributed by atoms with E-state index in [-0.39, 0.29) is 28.5 Å². The van der Waals surface area contributed by atoms with Gasteiger partial charge in [-0.2, -0.15) is 0 Å². The molecule has 2 aromatic rings. The van der Waals surface area contributed by atoms with Crippen molar-refractivity contribution < 1.29 is 33.5 Å². The topological polar surface area (TPSA) is 126 Å². The predicted molar refractivity (Wildman–Crippen MR) is 103 cm³/mol. The molecule has 0 fully saturated rings. The van der Waals surface area contributed by atoms with Gasteiger partial charge in [0.05, 0.1) is 26.3 Å². The third-order valence-electron chi connectivity index (χ3n) is 3.96. The van der Waals surface area contributed by atoms with Crippen LogP contribution in [0, 0.1) is 17.0 Å². The molecule has 0 aliphatic heterocycles. The summed E-state index contributed by atoms with van der Waals surface area (Å²) in [7, 11) is 4.07. The monoisotopic (exact) mass is 404 g/mol. The van der Waals surface area contributed by atoms with Gasteiger partial charge in [0.25, 0.3) is 5.91 Å². The highest BCUT2D eigenvalue weighted by Crippen LogP contribution is 2.33. The number of amides is 1. The summed E-state index contributed by atoms with van der Waals surface area (Å²) >= 11 is 0. The van der Waals surface area contributed by atoms with Crippen LogP contribution in [0.5, 0.6) is 17.2 Å². The lowest BCUT2D eigenvalue weighted by molar-refractivity contribution is -0.385. The maximum absolute atomic E-state index is 12.4. The molecule has 0 bridgehead atoms. The molecule has 154 valence electrons. The number of benzene rings is 2. The summed E-state index contributed by atoms with van der Waals surface area (Å²) in [6.07, 6.45) is 0. The van der Waals surface area contributed by atoms with Crippen LogP contribution in [0.2, 0.25) is 0 Å². The molecule has 0 aliphatic rings. The molecule has 29 heavy (non-hydrogen) atoms. The molecule has 0 aliphatic carbocycles. The van der Waals surface area contributed by atoms with Crippen LogP contribution in [0.25, 0.3) is 0 Å². The SMILES string of the molecule is COc1cc(NC(=O)COC(=O)c2c(OC)cccc2OC)c(C)cc1[N+](=O)[O-]. The molecule has 0 radical (unpaired) electrons. The minimum atomic E-state index is -0.799. The Morgan fingerprint density at radius 1 is 1.03 bits per heavy atom. The van der Waals surface area contributed by atoms with E-state index < -0.39 is 23.4 Å². The van der Waals surface area contributed by atoms with Crippen molar-refractivity contribution >= 4 is 23.3 Å². The number of esters is 1. The van der Waals surface area contributed by atoms with Crippen LogP contribution in [-0.2, 0) is 9.53 Å². The van der Waals surface area contributed by atoms with Gasteiger partial charge in [0.15, 0.2) is 12.4 Å². The number of carbonyl (C=O) groups excluding carboxylic acids is 2. The fourth-order valence-corrected chi connectivity index (χ4v) is 2.56. The smallest absolute Gasteiger partial charge is 0.346 e. The van der Waals surface area contributed by atoms with E-state index in [9.17, 15) is 19.7 Å². The molecule has 1 amide bonds. The lowest BCUT2D eigenvalue weighted by Crippen LogP contribution is -2.22. The molecule has 1 N–H and O–H groups in total. The number of nitro groups is 1. The van der Waals surface area contributed by atoms with E-state index in [1.165, 1.54) is 33.5 Å². The second-order valence-electron chi connectivity index (χ2n) is 5.76. The van der Waals surface area contributed by atoms with Crippen LogP contribution in [0.1, 0.15) is 15.9 Å². The Morgan fingerprint density at radius 3 is 2.14 bits per heavy atom. The highest BCUT2D eigenvalue weighted by atomic mass is 16.6. The number of hydrogen-bond donors (Lipinski definition) is 1. The van der Waals surface area contributed by atoms with Crippen LogP contribution in [0.3, 0.4) is 0 Å². The lowest BCUT2D eigenvalue weighted by atomic mass is 10.1. The average Bonchev–Trinajstić information content (AvgIpc) is 2.72. The van der Waals surface area contributed by atoms with E-state index in [2.05, 4.69) is 5.32 Å². The van der Waals surface area contributed by atoms with Gasteiger partial charge in [0, 0.05) is 17.8 Å². The maximum atomic E-state index is 12.4. The minimum absolute atomic E-state index is 0.00773. The minimum Gasteiger partial charge on any atom is -0.496 e. The van der Waals surface area contributed by atoms with Crippen LogP contribution >= 0.6 is 0 Å². The van der Waals surface area contributed by atoms with Gasteiger partial charge in [0.1, 0.15) is 17.1 Å². The number of aryl methyl sites for hydroxylation is 1. The molecule has 0 atom stereocenters. The number of carbonyl (C=O) groups is 2. The Hall–Kier alpha value is -3.82. The van der Waals surface area contributed by atoms with Gasteiger partial charge in [0.2, 0.25) is 0 Å². The van der Waals surface area contributed by atoms with Gasteiger partial charge >= 0.3 is 11.7 Å². The molecule has 0 unspecified atom stereocenters. The first kappa shape index (κ1) is 21.5. The van der Waals surface area contributed by atoms with E-state index in [1.54, 1.807) is 25.1 Å². The first-order chi connectivity index (χ1) is 13.8. The molecular weight excluding hydrogens is 384 g/mol. The fraction of sp³-hybridized carbons (Fsp3) is 0.263. The molecule has 0 saturated heterocycles. The van der Waals surface area contributed by atoms with Crippen molar-refractivity contribution in [2.45, 2.75) is 6.92 Å². The summed E-state index contributed by atoms with van der Waals surface area (Å²) in [5.41, 5.74) is 0.572. The zero-order valence-corrected chi connectivity index (χ0v) is 16.3. The van der Waals surface area contributed by atoms with Crippen LogP contribution in [0.4, 0.5) is 11.4 Å². The van der Waals surface area contributed by atoms with E-state index in [4.69, 9.17) is 18.9 Å². The van der Waals surface area contributed by atoms with E-state index in [0.717, 1.165) is 0 Å². The number of nitrogens with zero attached hydrogens (tertiary/aromatic N) is 1. The van der Waals surface area contributed by atoms with Crippen molar-refractivity contribution in [3.05, 3.63) is 51.6 Å². The van der Waals surface area contributed by atoms with Crippen LogP contribution in [-0.4, -0.2) is 44.7 Å². The summed E-state index contributed by atoms with van der Waals surface area (Å²) in [4.78, 5) is 35.1. The molecule has 0 aromatic heterocycles. The second-order valence-corrected chi connectivity index (χ2v) is 5.76. The van der Waals surface area contributed by atoms with Crippen molar-refractivity contribution in [2.75, 3.05) is 33.3 Å². The number of anilines is 1. The standard InChI is InChI=1S/C19H20N2O8/c1-11-8-13(21(24)25)16(28-4)9-12(11)20-17(22)10-29-19(23)18-14(26-2)6-5-7-15(18)27-3/h5-9H,10H2,1-4H3,(H,20,22). The fourth-order valence-electron chi connectivity index (χ4n) is 2.56. The quantitative estimate of drug-likeness (QED) is 0.404. The second kappa shape index (κ2) is 9.40. The zero-order chi connectivity index (χ0) is 21.6. The zero-order valence-electron chi connectivity index (χ0n) is 16.3. The average molecular weight is 404 g/mol. The number of rotatable bonds is 8. The first-order valence-electron chi connectivity index (χ1n) is 8.33. The maximum Gasteiger partial charge on any atom is 0.346 e. The molecule has 10 heteroatoms. The van der Waals surface area contributed by atoms with E-state index >= 15 is 0 Å². The summed E-state index contributed by atoms with van der Waals surface area (Å²) in [5.74, 6) is -0.957. The largest absolute Gasteiger partial charge is 0.496 e. The summed E-state index contributed by atoms with van der Waals surface area (Å²) in [6.45, 7) is 1.01. The molecule has 2 rings (SSSR count). The van der Waals surface area contributed by atoms with Crippen LogP contribution < -0.4 is 19.5 Å². The van der Waals surface area contributed by atoms with Crippen molar-refractivity contribution in [2.24, 2.45) is 0 Å². The van der Waals surface area contributed by atoms with Gasteiger partial charge < -0.3 is 24.3 Å². The number of nitro benzene ring substituents is 1. The normalized spacial score (nSPS) is 10.1. The van der Waals surface area contributed by atoms with Crippen molar-refractivity contribution in [1.29, 1.82) is 0 Å². The Morgan fingerprint density at radius 2 is 1.62 bits per heavy atom. The highest BCUT2D eigenvalue weighted by molar-refractivity contribution is 5.99.